The normalized spacial score (nSPS) is 14.6. The van der Waals surface area contributed by atoms with Gasteiger partial charge >= 0.3 is 5.97 Å². The zero-order valence-corrected chi connectivity index (χ0v) is 23.7. The van der Waals surface area contributed by atoms with Crippen LogP contribution in [0.2, 0.25) is 5.02 Å². The fourth-order valence-corrected chi connectivity index (χ4v) is 6.34. The molecule has 0 spiro atoms. The highest BCUT2D eigenvalue weighted by atomic mass is 35.5. The first-order chi connectivity index (χ1) is 18.7. The van der Waals surface area contributed by atoms with Gasteiger partial charge in [0.2, 0.25) is 5.91 Å². The van der Waals surface area contributed by atoms with Crippen molar-refractivity contribution in [1.29, 1.82) is 0 Å². The summed E-state index contributed by atoms with van der Waals surface area (Å²) in [6, 6.07) is 14.9. The SMILES string of the molecule is CCOC(=O)c1nn(-c2ccc(C(C)C)cc2)c(=O)c2c(NC(=O)C3(c4ccc(Cl)cc4)CCCC3)scc12. The van der Waals surface area contributed by atoms with Gasteiger partial charge in [-0.05, 0) is 61.1 Å². The average Bonchev–Trinajstić information content (AvgIpc) is 3.59. The van der Waals surface area contributed by atoms with Gasteiger partial charge in [0.25, 0.3) is 5.56 Å². The van der Waals surface area contributed by atoms with Crippen LogP contribution in [0.4, 0.5) is 5.00 Å². The van der Waals surface area contributed by atoms with Gasteiger partial charge in [0, 0.05) is 15.8 Å². The first kappa shape index (κ1) is 27.1. The standard InChI is InChI=1S/C30H30ClN3O4S/c1-4-38-28(36)25-23-17-39-26(24(23)27(35)34(33-25)22-13-7-19(8-14-22)18(2)3)32-29(37)30(15-5-6-16-30)20-9-11-21(31)12-10-20/h7-14,17-18H,4-6,15-16H2,1-3H3,(H,32,37). The Hall–Kier alpha value is -3.49. The number of aromatic nitrogens is 2. The fourth-order valence-electron chi connectivity index (χ4n) is 5.28. The van der Waals surface area contributed by atoms with E-state index in [9.17, 15) is 14.4 Å². The van der Waals surface area contributed by atoms with E-state index in [0.29, 0.717) is 39.9 Å². The summed E-state index contributed by atoms with van der Waals surface area (Å²) in [5.41, 5.74) is 1.44. The number of fused-ring (bicyclic) bond motifs is 1. The summed E-state index contributed by atoms with van der Waals surface area (Å²) in [5.74, 6) is -0.476. The predicted octanol–water partition coefficient (Wildman–Crippen LogP) is 6.85. The molecule has 0 bridgehead atoms. The van der Waals surface area contributed by atoms with Gasteiger partial charge in [-0.15, -0.1) is 11.3 Å². The smallest absolute Gasteiger partial charge is 0.359 e. The lowest BCUT2D eigenvalue weighted by atomic mass is 9.78. The molecule has 2 aromatic heterocycles. The number of halogens is 1. The predicted molar refractivity (Wildman–Crippen MR) is 155 cm³/mol. The van der Waals surface area contributed by atoms with Crippen molar-refractivity contribution in [2.45, 2.75) is 57.8 Å². The summed E-state index contributed by atoms with van der Waals surface area (Å²) in [6.07, 6.45) is 3.26. The first-order valence-corrected chi connectivity index (χ1v) is 14.4. The molecule has 0 saturated heterocycles. The van der Waals surface area contributed by atoms with Crippen LogP contribution >= 0.6 is 22.9 Å². The number of amides is 1. The Morgan fingerprint density at radius 3 is 2.38 bits per heavy atom. The van der Waals surface area contributed by atoms with Crippen LogP contribution in [-0.4, -0.2) is 28.3 Å². The minimum atomic E-state index is -0.719. The Morgan fingerprint density at radius 1 is 1.10 bits per heavy atom. The highest BCUT2D eigenvalue weighted by molar-refractivity contribution is 7.16. The largest absolute Gasteiger partial charge is 0.461 e. The van der Waals surface area contributed by atoms with Gasteiger partial charge in [-0.3, -0.25) is 9.59 Å². The third kappa shape index (κ3) is 4.99. The Balaban J connectivity index is 1.62. The molecule has 2 aromatic carbocycles. The molecular weight excluding hydrogens is 534 g/mol. The van der Waals surface area contributed by atoms with Crippen molar-refractivity contribution in [3.05, 3.63) is 86.1 Å². The first-order valence-electron chi connectivity index (χ1n) is 13.1. The van der Waals surface area contributed by atoms with Crippen LogP contribution in [0.25, 0.3) is 16.5 Å². The van der Waals surface area contributed by atoms with Crippen LogP contribution in [-0.2, 0) is 14.9 Å². The highest BCUT2D eigenvalue weighted by Crippen LogP contribution is 2.43. The lowest BCUT2D eigenvalue weighted by Gasteiger charge is -2.28. The lowest BCUT2D eigenvalue weighted by molar-refractivity contribution is -0.121. The maximum absolute atomic E-state index is 13.9. The number of thiophene rings is 1. The van der Waals surface area contributed by atoms with Crippen LogP contribution in [0.5, 0.6) is 0 Å². The van der Waals surface area contributed by atoms with Crippen molar-refractivity contribution in [2.75, 3.05) is 11.9 Å². The quantitative estimate of drug-likeness (QED) is 0.248. The van der Waals surface area contributed by atoms with E-state index in [1.54, 1.807) is 24.4 Å². The Morgan fingerprint density at radius 2 is 1.77 bits per heavy atom. The van der Waals surface area contributed by atoms with Gasteiger partial charge in [-0.2, -0.15) is 9.78 Å². The molecule has 1 aliphatic carbocycles. The molecule has 0 unspecified atom stereocenters. The summed E-state index contributed by atoms with van der Waals surface area (Å²) in [6.45, 7) is 6.06. The number of rotatable bonds is 7. The highest BCUT2D eigenvalue weighted by Gasteiger charge is 2.43. The summed E-state index contributed by atoms with van der Waals surface area (Å²) >= 11 is 7.32. The minimum absolute atomic E-state index is 0.0319. The molecule has 7 nitrogen and oxygen atoms in total. The van der Waals surface area contributed by atoms with E-state index < -0.39 is 16.9 Å². The van der Waals surface area contributed by atoms with Gasteiger partial charge in [0.15, 0.2) is 5.69 Å². The summed E-state index contributed by atoms with van der Waals surface area (Å²) in [5, 5.41) is 10.8. The topological polar surface area (TPSA) is 90.3 Å². The second-order valence-electron chi connectivity index (χ2n) is 10.1. The van der Waals surface area contributed by atoms with Gasteiger partial charge in [-0.1, -0.05) is 62.6 Å². The van der Waals surface area contributed by atoms with Crippen molar-refractivity contribution in [3.8, 4) is 5.69 Å². The van der Waals surface area contributed by atoms with Crippen molar-refractivity contribution < 1.29 is 14.3 Å². The van der Waals surface area contributed by atoms with E-state index in [1.807, 2.05) is 36.4 Å². The van der Waals surface area contributed by atoms with Crippen molar-refractivity contribution in [3.63, 3.8) is 0 Å². The lowest BCUT2D eigenvalue weighted by Crippen LogP contribution is -2.38. The van der Waals surface area contributed by atoms with Crippen molar-refractivity contribution >= 4 is 50.6 Å². The van der Waals surface area contributed by atoms with Gasteiger partial charge in [-0.25, -0.2) is 4.79 Å². The number of ether oxygens (including phenoxy) is 1. The van der Waals surface area contributed by atoms with Crippen LogP contribution in [0.15, 0.2) is 58.7 Å². The fraction of sp³-hybridized carbons (Fsp3) is 0.333. The molecule has 0 aliphatic heterocycles. The Labute approximate surface area is 235 Å². The van der Waals surface area contributed by atoms with Gasteiger partial charge < -0.3 is 10.1 Å². The van der Waals surface area contributed by atoms with E-state index in [4.69, 9.17) is 16.3 Å². The van der Waals surface area contributed by atoms with E-state index in [-0.39, 0.29) is 23.6 Å². The zero-order chi connectivity index (χ0) is 27.7. The number of carbonyl (C=O) groups excluding carboxylic acids is 2. The zero-order valence-electron chi connectivity index (χ0n) is 22.1. The maximum atomic E-state index is 13.9. The molecule has 202 valence electrons. The van der Waals surface area contributed by atoms with E-state index in [2.05, 4.69) is 24.3 Å². The van der Waals surface area contributed by atoms with Crippen LogP contribution in [0.1, 0.15) is 74.0 Å². The van der Waals surface area contributed by atoms with Gasteiger partial charge in [0.05, 0.1) is 23.1 Å². The van der Waals surface area contributed by atoms with Crippen LogP contribution < -0.4 is 10.9 Å². The number of hydrogen-bond acceptors (Lipinski definition) is 6. The number of hydrogen-bond donors (Lipinski definition) is 1. The number of carbonyl (C=O) groups is 2. The summed E-state index contributed by atoms with van der Waals surface area (Å²) < 4.78 is 6.48. The summed E-state index contributed by atoms with van der Waals surface area (Å²) in [4.78, 5) is 40.6. The van der Waals surface area contributed by atoms with E-state index >= 15 is 0 Å². The van der Waals surface area contributed by atoms with Gasteiger partial charge in [0.1, 0.15) is 5.00 Å². The van der Waals surface area contributed by atoms with E-state index in [1.165, 1.54) is 16.0 Å². The number of nitrogens with zero attached hydrogens (tertiary/aromatic N) is 2. The van der Waals surface area contributed by atoms with E-state index in [0.717, 1.165) is 24.0 Å². The monoisotopic (exact) mass is 563 g/mol. The Bertz CT molecular complexity index is 1580. The molecule has 5 rings (SSSR count). The molecule has 39 heavy (non-hydrogen) atoms. The Kier molecular flexibility index (Phi) is 7.60. The molecule has 1 N–H and O–H groups in total. The number of nitrogens with one attached hydrogen (secondary N) is 1. The minimum Gasteiger partial charge on any atom is -0.461 e. The summed E-state index contributed by atoms with van der Waals surface area (Å²) in [7, 11) is 0. The average molecular weight is 564 g/mol. The molecule has 1 aliphatic rings. The second kappa shape index (κ2) is 10.9. The van der Waals surface area contributed by atoms with Crippen molar-refractivity contribution in [2.24, 2.45) is 0 Å². The number of anilines is 1. The van der Waals surface area contributed by atoms with Crippen LogP contribution in [0.3, 0.4) is 0 Å². The molecule has 2 heterocycles. The molecule has 9 heteroatoms. The molecular formula is C30H30ClN3O4S. The molecule has 0 atom stereocenters. The number of benzene rings is 2. The second-order valence-corrected chi connectivity index (χ2v) is 11.5. The maximum Gasteiger partial charge on any atom is 0.359 e. The van der Waals surface area contributed by atoms with Crippen LogP contribution in [0, 0.1) is 0 Å². The molecule has 0 radical (unpaired) electrons. The molecule has 1 fully saturated rings. The molecule has 1 amide bonds. The third-order valence-corrected chi connectivity index (χ3v) is 8.59. The molecule has 4 aromatic rings. The van der Waals surface area contributed by atoms with Crippen molar-refractivity contribution in [1.82, 2.24) is 9.78 Å². The third-order valence-electron chi connectivity index (χ3n) is 7.44. The number of esters is 1. The molecule has 1 saturated carbocycles.